The SMILES string of the molecule is CCC(O)(CC)CNC(=O)c1cn2c(C)cccc2n1. The van der Waals surface area contributed by atoms with E-state index < -0.39 is 5.60 Å². The van der Waals surface area contributed by atoms with Crippen molar-refractivity contribution in [3.05, 3.63) is 35.8 Å². The molecule has 0 aliphatic carbocycles. The van der Waals surface area contributed by atoms with Gasteiger partial charge in [0.25, 0.3) is 5.91 Å². The van der Waals surface area contributed by atoms with Crippen LogP contribution < -0.4 is 5.32 Å². The molecular weight excluding hydrogens is 254 g/mol. The van der Waals surface area contributed by atoms with Crippen LogP contribution in [0.15, 0.2) is 24.4 Å². The number of hydrogen-bond acceptors (Lipinski definition) is 3. The molecule has 0 spiro atoms. The van der Waals surface area contributed by atoms with Gasteiger partial charge in [-0.1, -0.05) is 19.9 Å². The topological polar surface area (TPSA) is 66.6 Å². The van der Waals surface area contributed by atoms with Crippen molar-refractivity contribution in [2.24, 2.45) is 0 Å². The number of rotatable bonds is 5. The van der Waals surface area contributed by atoms with E-state index in [1.54, 1.807) is 6.20 Å². The van der Waals surface area contributed by atoms with E-state index in [-0.39, 0.29) is 12.5 Å². The van der Waals surface area contributed by atoms with E-state index in [0.717, 1.165) is 11.3 Å². The molecule has 0 saturated heterocycles. The lowest BCUT2D eigenvalue weighted by Crippen LogP contribution is -2.42. The molecule has 0 bridgehead atoms. The number of pyridine rings is 1. The Kier molecular flexibility index (Phi) is 4.09. The number of nitrogens with zero attached hydrogens (tertiary/aromatic N) is 2. The molecule has 0 aliphatic rings. The minimum atomic E-state index is -0.843. The molecule has 2 rings (SSSR count). The molecule has 1 amide bonds. The summed E-state index contributed by atoms with van der Waals surface area (Å²) in [7, 11) is 0. The highest BCUT2D eigenvalue weighted by molar-refractivity contribution is 5.92. The Hall–Kier alpha value is -1.88. The van der Waals surface area contributed by atoms with Crippen molar-refractivity contribution in [2.75, 3.05) is 6.54 Å². The molecule has 0 fully saturated rings. The van der Waals surface area contributed by atoms with Gasteiger partial charge in [-0.3, -0.25) is 4.79 Å². The van der Waals surface area contributed by atoms with Crippen LogP contribution in [-0.2, 0) is 0 Å². The number of aromatic nitrogens is 2. The highest BCUT2D eigenvalue weighted by atomic mass is 16.3. The number of aryl methyl sites for hydroxylation is 1. The first-order valence-corrected chi connectivity index (χ1v) is 6.94. The minimum absolute atomic E-state index is 0.242. The van der Waals surface area contributed by atoms with Crippen LogP contribution in [-0.4, -0.2) is 32.5 Å². The first kappa shape index (κ1) is 14.5. The highest BCUT2D eigenvalue weighted by Crippen LogP contribution is 2.13. The maximum Gasteiger partial charge on any atom is 0.271 e. The second-order valence-electron chi connectivity index (χ2n) is 5.14. The molecule has 5 nitrogen and oxygen atoms in total. The summed E-state index contributed by atoms with van der Waals surface area (Å²) in [4.78, 5) is 16.4. The quantitative estimate of drug-likeness (QED) is 0.876. The van der Waals surface area contributed by atoms with Crippen molar-refractivity contribution in [3.63, 3.8) is 0 Å². The van der Waals surface area contributed by atoms with E-state index in [4.69, 9.17) is 0 Å². The van der Waals surface area contributed by atoms with Gasteiger partial charge in [-0.15, -0.1) is 0 Å². The number of carbonyl (C=O) groups excluding carboxylic acids is 1. The summed E-state index contributed by atoms with van der Waals surface area (Å²) >= 11 is 0. The molecule has 2 aromatic rings. The normalized spacial score (nSPS) is 11.8. The van der Waals surface area contributed by atoms with Gasteiger partial charge in [-0.05, 0) is 31.9 Å². The summed E-state index contributed by atoms with van der Waals surface area (Å²) in [6.45, 7) is 6.02. The van der Waals surface area contributed by atoms with Crippen molar-refractivity contribution >= 4 is 11.6 Å². The number of fused-ring (bicyclic) bond motifs is 1. The molecule has 0 unspecified atom stereocenters. The monoisotopic (exact) mass is 275 g/mol. The summed E-state index contributed by atoms with van der Waals surface area (Å²) in [6, 6.07) is 5.73. The average molecular weight is 275 g/mol. The number of imidazole rings is 1. The Labute approximate surface area is 118 Å². The van der Waals surface area contributed by atoms with Crippen LogP contribution in [0.3, 0.4) is 0 Å². The molecule has 0 aliphatic heterocycles. The van der Waals surface area contributed by atoms with Gasteiger partial charge in [0.15, 0.2) is 0 Å². The molecule has 0 atom stereocenters. The maximum absolute atomic E-state index is 12.1. The fraction of sp³-hybridized carbons (Fsp3) is 0.467. The van der Waals surface area contributed by atoms with Crippen LogP contribution in [0.25, 0.3) is 5.65 Å². The van der Waals surface area contributed by atoms with Gasteiger partial charge in [0, 0.05) is 18.4 Å². The van der Waals surface area contributed by atoms with Gasteiger partial charge < -0.3 is 14.8 Å². The van der Waals surface area contributed by atoms with Crippen molar-refractivity contribution in [3.8, 4) is 0 Å². The summed E-state index contributed by atoms with van der Waals surface area (Å²) in [5.74, 6) is -0.256. The van der Waals surface area contributed by atoms with E-state index in [1.165, 1.54) is 0 Å². The van der Waals surface area contributed by atoms with Crippen LogP contribution >= 0.6 is 0 Å². The number of hydrogen-bond donors (Lipinski definition) is 2. The number of nitrogens with one attached hydrogen (secondary N) is 1. The average Bonchev–Trinajstić information content (AvgIpc) is 2.90. The molecular formula is C15H21N3O2. The second-order valence-corrected chi connectivity index (χ2v) is 5.14. The predicted octanol–water partition coefficient (Wildman–Crippen LogP) is 1.92. The lowest BCUT2D eigenvalue weighted by Gasteiger charge is -2.25. The van der Waals surface area contributed by atoms with Crippen LogP contribution in [0.1, 0.15) is 42.9 Å². The molecule has 0 aromatic carbocycles. The zero-order valence-corrected chi connectivity index (χ0v) is 12.2. The Bertz CT molecular complexity index is 615. The zero-order chi connectivity index (χ0) is 14.8. The highest BCUT2D eigenvalue weighted by Gasteiger charge is 2.23. The molecule has 5 heteroatoms. The number of carbonyl (C=O) groups is 1. The maximum atomic E-state index is 12.1. The Balaban J connectivity index is 2.14. The van der Waals surface area contributed by atoms with Crippen LogP contribution in [0.4, 0.5) is 0 Å². The second kappa shape index (κ2) is 5.63. The van der Waals surface area contributed by atoms with Gasteiger partial charge in [0.2, 0.25) is 0 Å². The first-order valence-electron chi connectivity index (χ1n) is 6.94. The van der Waals surface area contributed by atoms with Crippen molar-refractivity contribution in [1.82, 2.24) is 14.7 Å². The third-order valence-electron chi connectivity index (χ3n) is 3.82. The Morgan fingerprint density at radius 3 is 2.70 bits per heavy atom. The van der Waals surface area contributed by atoms with E-state index in [2.05, 4.69) is 10.3 Å². The van der Waals surface area contributed by atoms with E-state index in [0.29, 0.717) is 18.5 Å². The van der Waals surface area contributed by atoms with Gasteiger partial charge in [-0.2, -0.15) is 0 Å². The summed E-state index contributed by atoms with van der Waals surface area (Å²) < 4.78 is 1.88. The third kappa shape index (κ3) is 2.82. The zero-order valence-electron chi connectivity index (χ0n) is 12.2. The van der Waals surface area contributed by atoms with Crippen LogP contribution in [0, 0.1) is 6.92 Å². The van der Waals surface area contributed by atoms with E-state index in [1.807, 2.05) is 43.4 Å². The molecule has 0 saturated carbocycles. The van der Waals surface area contributed by atoms with Crippen molar-refractivity contribution in [2.45, 2.75) is 39.2 Å². The summed E-state index contributed by atoms with van der Waals surface area (Å²) in [5.41, 5.74) is 1.29. The fourth-order valence-electron chi connectivity index (χ4n) is 2.09. The van der Waals surface area contributed by atoms with E-state index >= 15 is 0 Å². The Morgan fingerprint density at radius 1 is 1.40 bits per heavy atom. The van der Waals surface area contributed by atoms with Gasteiger partial charge >= 0.3 is 0 Å². The lowest BCUT2D eigenvalue weighted by molar-refractivity contribution is 0.0313. The predicted molar refractivity (Wildman–Crippen MR) is 77.8 cm³/mol. The molecule has 2 heterocycles. The molecule has 20 heavy (non-hydrogen) atoms. The first-order chi connectivity index (χ1) is 9.49. The van der Waals surface area contributed by atoms with Crippen molar-refractivity contribution < 1.29 is 9.90 Å². The molecule has 0 radical (unpaired) electrons. The lowest BCUT2D eigenvalue weighted by atomic mass is 9.97. The van der Waals surface area contributed by atoms with Crippen LogP contribution in [0.2, 0.25) is 0 Å². The largest absolute Gasteiger partial charge is 0.388 e. The summed E-state index contributed by atoms with van der Waals surface area (Å²) in [5, 5.41) is 12.9. The molecule has 2 aromatic heterocycles. The smallest absolute Gasteiger partial charge is 0.271 e. The van der Waals surface area contributed by atoms with Gasteiger partial charge in [-0.25, -0.2) is 4.98 Å². The fourth-order valence-corrected chi connectivity index (χ4v) is 2.09. The number of aliphatic hydroxyl groups is 1. The van der Waals surface area contributed by atoms with E-state index in [9.17, 15) is 9.90 Å². The minimum Gasteiger partial charge on any atom is -0.388 e. The Morgan fingerprint density at radius 2 is 2.10 bits per heavy atom. The van der Waals surface area contributed by atoms with Crippen LogP contribution in [0.5, 0.6) is 0 Å². The standard InChI is InChI=1S/C15H21N3O2/c1-4-15(20,5-2)10-16-14(19)12-9-18-11(3)7-6-8-13(18)17-12/h6-9,20H,4-5,10H2,1-3H3,(H,16,19). The molecule has 2 N–H and O–H groups in total. The third-order valence-corrected chi connectivity index (χ3v) is 3.82. The van der Waals surface area contributed by atoms with Gasteiger partial charge in [0.05, 0.1) is 5.60 Å². The molecule has 108 valence electrons. The van der Waals surface area contributed by atoms with Crippen molar-refractivity contribution in [1.29, 1.82) is 0 Å². The summed E-state index contributed by atoms with van der Waals surface area (Å²) in [6.07, 6.45) is 2.93. The number of amides is 1. The van der Waals surface area contributed by atoms with Gasteiger partial charge in [0.1, 0.15) is 11.3 Å².